The lowest BCUT2D eigenvalue weighted by Gasteiger charge is -2.32. The van der Waals surface area contributed by atoms with Crippen molar-refractivity contribution in [2.24, 2.45) is 0 Å². The van der Waals surface area contributed by atoms with Crippen LogP contribution in [0.1, 0.15) is 42.0 Å². The van der Waals surface area contributed by atoms with Gasteiger partial charge in [0.25, 0.3) is 5.56 Å². The summed E-state index contributed by atoms with van der Waals surface area (Å²) in [4.78, 5) is 40.4. The van der Waals surface area contributed by atoms with E-state index >= 15 is 0 Å². The molecule has 0 spiro atoms. The van der Waals surface area contributed by atoms with Gasteiger partial charge in [0.1, 0.15) is 0 Å². The van der Waals surface area contributed by atoms with Gasteiger partial charge < -0.3 is 19.5 Å². The highest BCUT2D eigenvalue weighted by Gasteiger charge is 2.26. The van der Waals surface area contributed by atoms with E-state index in [-0.39, 0.29) is 11.5 Å². The van der Waals surface area contributed by atoms with E-state index in [2.05, 4.69) is 39.3 Å². The van der Waals surface area contributed by atoms with Crippen molar-refractivity contribution >= 4 is 22.8 Å². The summed E-state index contributed by atoms with van der Waals surface area (Å²) in [6.07, 6.45) is 4.79. The van der Waals surface area contributed by atoms with Crippen LogP contribution in [0.15, 0.2) is 35.3 Å². The second-order valence-electron chi connectivity index (χ2n) is 9.00. The predicted molar refractivity (Wildman–Crippen MR) is 128 cm³/mol. The van der Waals surface area contributed by atoms with Crippen LogP contribution < -0.4 is 10.5 Å². The number of H-pyrrole nitrogens is 2. The second-order valence-corrected chi connectivity index (χ2v) is 9.00. The molecule has 2 N–H and O–H groups in total. The number of fused-ring (bicyclic) bond motifs is 1. The Bertz CT molecular complexity index is 1190. The zero-order valence-electron chi connectivity index (χ0n) is 19.1. The molecule has 2 aliphatic heterocycles. The van der Waals surface area contributed by atoms with Gasteiger partial charge in [-0.25, -0.2) is 4.98 Å². The molecule has 3 aromatic rings. The number of nitrogens with one attached hydrogen (secondary N) is 2. The number of para-hydroxylation sites is 1. The number of aromatic nitrogens is 3. The first kappa shape index (κ1) is 21.7. The molecule has 5 rings (SSSR count). The van der Waals surface area contributed by atoms with Crippen molar-refractivity contribution in [1.29, 1.82) is 0 Å². The Labute approximate surface area is 193 Å². The third kappa shape index (κ3) is 4.53. The number of rotatable bonds is 5. The number of aryl methyl sites for hydroxylation is 1. The largest absolute Gasteiger partial charge is 0.378 e. The number of morpholine rings is 1. The summed E-state index contributed by atoms with van der Waals surface area (Å²) < 4.78 is 5.37. The third-order valence-corrected chi connectivity index (χ3v) is 7.02. The Kier molecular flexibility index (Phi) is 6.17. The van der Waals surface area contributed by atoms with Crippen LogP contribution in [0, 0.1) is 6.92 Å². The molecule has 0 unspecified atom stereocenters. The molecule has 4 heterocycles. The summed E-state index contributed by atoms with van der Waals surface area (Å²) in [7, 11) is 0. The summed E-state index contributed by atoms with van der Waals surface area (Å²) in [5, 5.41) is 1.28. The standard InChI is InChI=1S/C25H31N5O3/c1-17-19(24(32)28-25(27-17)30-12-14-33-15-13-30)6-7-23(31)29-10-8-18(9-11-29)21-16-26-22-5-3-2-4-20(21)22/h2-5,16,18,26H,6-15H2,1H3,(H,27,28,32). The molecular weight excluding hydrogens is 418 g/mol. The molecule has 0 radical (unpaired) electrons. The molecule has 2 aliphatic rings. The first-order chi connectivity index (χ1) is 16.1. The van der Waals surface area contributed by atoms with Gasteiger partial charge in [-0.15, -0.1) is 0 Å². The fourth-order valence-electron chi connectivity index (χ4n) is 5.08. The van der Waals surface area contributed by atoms with Crippen LogP contribution in [0.25, 0.3) is 10.9 Å². The number of ether oxygens (including phenoxy) is 1. The van der Waals surface area contributed by atoms with E-state index in [1.54, 1.807) is 0 Å². The predicted octanol–water partition coefficient (Wildman–Crippen LogP) is 2.74. The number of likely N-dealkylation sites (tertiary alicyclic amines) is 1. The first-order valence-electron chi connectivity index (χ1n) is 11.9. The van der Waals surface area contributed by atoms with Crippen molar-refractivity contribution in [3.8, 4) is 0 Å². The van der Waals surface area contributed by atoms with E-state index in [1.807, 2.05) is 22.8 Å². The molecular formula is C25H31N5O3. The third-order valence-electron chi connectivity index (χ3n) is 7.02. The lowest BCUT2D eigenvalue weighted by Crippen LogP contribution is -2.39. The van der Waals surface area contributed by atoms with Crippen molar-refractivity contribution in [3.05, 3.63) is 57.6 Å². The van der Waals surface area contributed by atoms with Crippen molar-refractivity contribution < 1.29 is 9.53 Å². The number of anilines is 1. The van der Waals surface area contributed by atoms with E-state index in [0.717, 1.165) is 25.9 Å². The number of hydrogen-bond donors (Lipinski definition) is 2. The number of hydrogen-bond acceptors (Lipinski definition) is 5. The maximum Gasteiger partial charge on any atom is 0.255 e. The van der Waals surface area contributed by atoms with Gasteiger partial charge in [-0.1, -0.05) is 18.2 Å². The molecule has 174 valence electrons. The summed E-state index contributed by atoms with van der Waals surface area (Å²) in [6, 6.07) is 8.38. The van der Waals surface area contributed by atoms with Gasteiger partial charge in [-0.05, 0) is 43.7 Å². The van der Waals surface area contributed by atoms with Crippen LogP contribution in [0.5, 0.6) is 0 Å². The van der Waals surface area contributed by atoms with Crippen molar-refractivity contribution in [2.45, 2.75) is 38.5 Å². The summed E-state index contributed by atoms with van der Waals surface area (Å²) in [5.41, 5.74) is 3.68. The quantitative estimate of drug-likeness (QED) is 0.625. The van der Waals surface area contributed by atoms with Gasteiger partial charge in [0.2, 0.25) is 11.9 Å². The van der Waals surface area contributed by atoms with Crippen molar-refractivity contribution in [3.63, 3.8) is 0 Å². The first-order valence-corrected chi connectivity index (χ1v) is 11.9. The molecule has 0 bridgehead atoms. The highest BCUT2D eigenvalue weighted by atomic mass is 16.5. The minimum atomic E-state index is -0.144. The minimum Gasteiger partial charge on any atom is -0.378 e. The van der Waals surface area contributed by atoms with Crippen LogP contribution in [0.4, 0.5) is 5.95 Å². The van der Waals surface area contributed by atoms with Crippen LogP contribution in [-0.2, 0) is 16.0 Å². The van der Waals surface area contributed by atoms with Crippen LogP contribution in [0.3, 0.4) is 0 Å². The summed E-state index contributed by atoms with van der Waals surface area (Å²) >= 11 is 0. The lowest BCUT2D eigenvalue weighted by molar-refractivity contribution is -0.132. The maximum absolute atomic E-state index is 12.9. The Morgan fingerprint density at radius 2 is 1.91 bits per heavy atom. The molecule has 1 aromatic carbocycles. The molecule has 0 saturated carbocycles. The average molecular weight is 450 g/mol. The molecule has 2 saturated heterocycles. The topological polar surface area (TPSA) is 94.3 Å². The Morgan fingerprint density at radius 1 is 1.15 bits per heavy atom. The van der Waals surface area contributed by atoms with Crippen molar-refractivity contribution in [1.82, 2.24) is 19.9 Å². The molecule has 1 amide bonds. The normalized spacial score (nSPS) is 17.6. The van der Waals surface area contributed by atoms with Crippen LogP contribution >= 0.6 is 0 Å². The number of aromatic amines is 2. The molecule has 8 heteroatoms. The fourth-order valence-corrected chi connectivity index (χ4v) is 5.08. The van der Waals surface area contributed by atoms with Gasteiger partial charge in [-0.3, -0.25) is 14.6 Å². The number of nitrogens with zero attached hydrogens (tertiary/aromatic N) is 3. The molecule has 2 fully saturated rings. The Hall–Kier alpha value is -3.13. The second kappa shape index (κ2) is 9.39. The van der Waals surface area contributed by atoms with E-state index in [4.69, 9.17) is 4.74 Å². The molecule has 33 heavy (non-hydrogen) atoms. The molecule has 8 nitrogen and oxygen atoms in total. The molecule has 0 atom stereocenters. The molecule has 0 aliphatic carbocycles. The summed E-state index contributed by atoms with van der Waals surface area (Å²) in [5.74, 6) is 1.17. The zero-order valence-corrected chi connectivity index (χ0v) is 19.1. The number of benzene rings is 1. The number of amides is 1. The monoisotopic (exact) mass is 449 g/mol. The smallest absolute Gasteiger partial charge is 0.255 e. The maximum atomic E-state index is 12.9. The van der Waals surface area contributed by atoms with Gasteiger partial charge in [0.15, 0.2) is 0 Å². The Balaban J connectivity index is 1.18. The fraction of sp³-hybridized carbons (Fsp3) is 0.480. The number of carbonyl (C=O) groups excluding carboxylic acids is 1. The van der Waals surface area contributed by atoms with Gasteiger partial charge in [-0.2, -0.15) is 0 Å². The average Bonchev–Trinajstić information content (AvgIpc) is 3.28. The number of carbonyl (C=O) groups is 1. The van der Waals surface area contributed by atoms with Gasteiger partial charge >= 0.3 is 0 Å². The van der Waals surface area contributed by atoms with Crippen LogP contribution in [0.2, 0.25) is 0 Å². The highest BCUT2D eigenvalue weighted by Crippen LogP contribution is 2.33. The SMILES string of the molecule is Cc1nc(N2CCOCC2)[nH]c(=O)c1CCC(=O)N1CCC(c2c[nH]c3ccccc23)CC1. The lowest BCUT2D eigenvalue weighted by atomic mass is 9.89. The van der Waals surface area contributed by atoms with Gasteiger partial charge in [0.05, 0.1) is 13.2 Å². The number of piperidine rings is 1. The van der Waals surface area contributed by atoms with E-state index < -0.39 is 0 Å². The van der Waals surface area contributed by atoms with Gasteiger partial charge in [0, 0.05) is 61.0 Å². The molecule has 2 aromatic heterocycles. The van der Waals surface area contributed by atoms with Crippen LogP contribution in [-0.4, -0.2) is 65.2 Å². The van der Waals surface area contributed by atoms with E-state index in [1.165, 1.54) is 16.5 Å². The highest BCUT2D eigenvalue weighted by molar-refractivity contribution is 5.83. The zero-order chi connectivity index (χ0) is 22.8. The minimum absolute atomic E-state index is 0.114. The summed E-state index contributed by atoms with van der Waals surface area (Å²) in [6.45, 7) is 6.07. The Morgan fingerprint density at radius 3 is 2.67 bits per heavy atom. The van der Waals surface area contributed by atoms with Crippen molar-refractivity contribution in [2.75, 3.05) is 44.3 Å². The van der Waals surface area contributed by atoms with E-state index in [0.29, 0.717) is 62.3 Å². The van der Waals surface area contributed by atoms with E-state index in [9.17, 15) is 9.59 Å².